The van der Waals surface area contributed by atoms with Gasteiger partial charge in [0.05, 0.1) is 13.7 Å². The van der Waals surface area contributed by atoms with Gasteiger partial charge in [0.25, 0.3) is 0 Å². The second-order valence-corrected chi connectivity index (χ2v) is 8.20. The molecule has 10 nitrogen and oxygen atoms in total. The average molecular weight is 482 g/mol. The Morgan fingerprint density at radius 3 is 2.29 bits per heavy atom. The third kappa shape index (κ3) is 3.82. The first-order valence-electron chi connectivity index (χ1n) is 10.7. The van der Waals surface area contributed by atoms with Crippen molar-refractivity contribution in [3.05, 3.63) is 65.2 Å². The van der Waals surface area contributed by atoms with E-state index in [0.717, 1.165) is 6.07 Å². The summed E-state index contributed by atoms with van der Waals surface area (Å²) in [6, 6.07) is 11.6. The molecular formula is C25H22O10. The van der Waals surface area contributed by atoms with Crippen LogP contribution in [0.3, 0.4) is 0 Å². The quantitative estimate of drug-likeness (QED) is 0.374. The lowest BCUT2D eigenvalue weighted by Crippen LogP contribution is -2.37. The zero-order valence-electron chi connectivity index (χ0n) is 18.4. The van der Waals surface area contributed by atoms with Crippen LogP contribution >= 0.6 is 0 Å². The van der Waals surface area contributed by atoms with E-state index in [9.17, 15) is 30.3 Å². The number of phenolic OH excluding ortho intramolecular Hbond substituents is 3. The summed E-state index contributed by atoms with van der Waals surface area (Å²) in [5.74, 6) is -0.789. The smallest absolute Gasteiger partial charge is 0.202 e. The summed E-state index contributed by atoms with van der Waals surface area (Å²) in [6.45, 7) is -0.384. The summed E-state index contributed by atoms with van der Waals surface area (Å²) >= 11 is 0. The van der Waals surface area contributed by atoms with Crippen molar-refractivity contribution >= 4 is 5.78 Å². The van der Waals surface area contributed by atoms with E-state index < -0.39 is 35.9 Å². The molecule has 0 radical (unpaired) electrons. The number of aliphatic hydroxyl groups excluding tert-OH is 2. The first-order chi connectivity index (χ1) is 16.8. The van der Waals surface area contributed by atoms with Crippen LogP contribution in [0, 0.1) is 0 Å². The topological polar surface area (TPSA) is 155 Å². The van der Waals surface area contributed by atoms with Crippen LogP contribution in [0.2, 0.25) is 0 Å². The predicted molar refractivity (Wildman–Crippen MR) is 119 cm³/mol. The number of aliphatic hydroxyl groups is 2. The van der Waals surface area contributed by atoms with Gasteiger partial charge in [0, 0.05) is 17.7 Å². The number of ketones is 1. The number of carbonyl (C=O) groups is 1. The molecule has 35 heavy (non-hydrogen) atoms. The maximum absolute atomic E-state index is 12.7. The van der Waals surface area contributed by atoms with Crippen molar-refractivity contribution in [2.45, 2.75) is 24.4 Å². The van der Waals surface area contributed by atoms with Gasteiger partial charge < -0.3 is 44.5 Å². The highest BCUT2D eigenvalue weighted by Gasteiger charge is 2.40. The Morgan fingerprint density at radius 1 is 0.829 bits per heavy atom. The van der Waals surface area contributed by atoms with Gasteiger partial charge >= 0.3 is 0 Å². The van der Waals surface area contributed by atoms with Gasteiger partial charge in [-0.3, -0.25) is 4.79 Å². The lowest BCUT2D eigenvalue weighted by molar-refractivity contribution is -0.0130. The molecule has 182 valence electrons. The van der Waals surface area contributed by atoms with Crippen LogP contribution in [0.1, 0.15) is 33.7 Å². The summed E-state index contributed by atoms with van der Waals surface area (Å²) in [6.07, 6.45) is -4.27. The highest BCUT2D eigenvalue weighted by Crippen LogP contribution is 2.45. The number of methoxy groups -OCH3 is 1. The highest BCUT2D eigenvalue weighted by atomic mass is 16.6. The zero-order chi connectivity index (χ0) is 24.9. The number of carbonyl (C=O) groups excluding carboxylic acids is 1. The molecule has 2 aliphatic rings. The third-order valence-corrected chi connectivity index (χ3v) is 6.00. The SMILES string of the molecule is COc1cc([C@@H]2Oc3ccc([C@@H]4Oc5cc(O)cc(O)c5C(=O)[C@@H]4O)cc3O[C@@H]2CO)ccc1O. The fraction of sp³-hybridized carbons (Fsp3) is 0.240. The fourth-order valence-corrected chi connectivity index (χ4v) is 4.28. The van der Waals surface area contributed by atoms with Gasteiger partial charge in [-0.1, -0.05) is 12.1 Å². The molecule has 0 aliphatic carbocycles. The van der Waals surface area contributed by atoms with Crippen LogP contribution in [0.5, 0.6) is 40.2 Å². The zero-order valence-corrected chi connectivity index (χ0v) is 18.4. The minimum absolute atomic E-state index is 0.0395. The number of ether oxygens (including phenoxy) is 4. The molecule has 2 aliphatic heterocycles. The predicted octanol–water partition coefficient (Wildman–Crippen LogP) is 2.36. The number of phenols is 3. The molecule has 0 saturated carbocycles. The molecule has 5 N–H and O–H groups in total. The molecule has 0 fully saturated rings. The number of fused-ring (bicyclic) bond motifs is 2. The van der Waals surface area contributed by atoms with E-state index in [-0.39, 0.29) is 40.9 Å². The monoisotopic (exact) mass is 482 g/mol. The molecule has 0 unspecified atom stereocenters. The maximum atomic E-state index is 12.7. The van der Waals surface area contributed by atoms with Crippen LogP contribution in [0.25, 0.3) is 0 Å². The van der Waals surface area contributed by atoms with Crippen molar-refractivity contribution in [3.8, 4) is 40.2 Å². The molecule has 3 aromatic carbocycles. The van der Waals surface area contributed by atoms with E-state index in [1.165, 1.54) is 25.3 Å². The number of hydrogen-bond donors (Lipinski definition) is 5. The average Bonchev–Trinajstić information content (AvgIpc) is 2.85. The number of rotatable bonds is 4. The van der Waals surface area contributed by atoms with Crippen molar-refractivity contribution in [1.29, 1.82) is 0 Å². The number of aromatic hydroxyl groups is 3. The van der Waals surface area contributed by atoms with Gasteiger partial charge in [-0.25, -0.2) is 0 Å². The van der Waals surface area contributed by atoms with Crippen molar-refractivity contribution in [2.75, 3.05) is 13.7 Å². The normalized spacial score (nSPS) is 22.8. The van der Waals surface area contributed by atoms with Crippen molar-refractivity contribution in [1.82, 2.24) is 0 Å². The van der Waals surface area contributed by atoms with Gasteiger partial charge in [0.1, 0.15) is 22.8 Å². The number of benzene rings is 3. The lowest BCUT2D eigenvalue weighted by Gasteiger charge is -2.35. The van der Waals surface area contributed by atoms with Crippen LogP contribution in [-0.2, 0) is 0 Å². The second kappa shape index (κ2) is 8.57. The minimum Gasteiger partial charge on any atom is -0.508 e. The minimum atomic E-state index is -1.62. The standard InChI is InChI=1S/C25H22O10/c1-32-17-6-11(2-4-14(17)28)24-20(10-26)33-18-7-12(3-5-16(18)34-24)25-23(31)22(30)21-15(29)8-13(27)9-19(21)35-25/h2-9,20,23-29,31H,10H2,1H3/t20-,23+,24+,25+/m1/s1. The Labute approximate surface area is 199 Å². The van der Waals surface area contributed by atoms with Crippen LogP contribution in [0.15, 0.2) is 48.5 Å². The molecule has 0 amide bonds. The Hall–Kier alpha value is -4.15. The van der Waals surface area contributed by atoms with E-state index in [1.807, 2.05) is 0 Å². The summed E-state index contributed by atoms with van der Waals surface area (Å²) in [4.78, 5) is 12.7. The summed E-state index contributed by atoms with van der Waals surface area (Å²) < 4.78 is 23.0. The van der Waals surface area contributed by atoms with Crippen LogP contribution in [-0.4, -0.2) is 57.2 Å². The van der Waals surface area contributed by atoms with Crippen LogP contribution in [0.4, 0.5) is 0 Å². The van der Waals surface area contributed by atoms with Crippen LogP contribution < -0.4 is 18.9 Å². The van der Waals surface area contributed by atoms with Crippen molar-refractivity contribution < 1.29 is 49.3 Å². The molecule has 0 saturated heterocycles. The van der Waals surface area contributed by atoms with Gasteiger partial charge in [0.15, 0.2) is 47.4 Å². The second-order valence-electron chi connectivity index (χ2n) is 8.20. The first kappa shape index (κ1) is 22.6. The Kier molecular flexibility index (Phi) is 5.54. The van der Waals surface area contributed by atoms with E-state index in [1.54, 1.807) is 24.3 Å². The first-order valence-corrected chi connectivity index (χ1v) is 10.7. The Balaban J connectivity index is 1.46. The summed E-state index contributed by atoms with van der Waals surface area (Å²) in [5.41, 5.74) is 0.779. The molecule has 10 heteroatoms. The van der Waals surface area contributed by atoms with E-state index >= 15 is 0 Å². The molecule has 0 bridgehead atoms. The largest absolute Gasteiger partial charge is 0.508 e. The third-order valence-electron chi connectivity index (χ3n) is 6.00. The van der Waals surface area contributed by atoms with E-state index in [0.29, 0.717) is 16.9 Å². The molecule has 3 aromatic rings. The number of Topliss-reactive ketones (excluding diaryl/α,β-unsaturated/α-hetero) is 1. The highest BCUT2D eigenvalue weighted by molar-refractivity contribution is 6.05. The molecule has 5 rings (SSSR count). The number of hydrogen-bond acceptors (Lipinski definition) is 10. The summed E-state index contributed by atoms with van der Waals surface area (Å²) in [7, 11) is 1.42. The lowest BCUT2D eigenvalue weighted by atomic mass is 9.92. The Morgan fingerprint density at radius 2 is 1.54 bits per heavy atom. The van der Waals surface area contributed by atoms with Crippen molar-refractivity contribution in [2.24, 2.45) is 0 Å². The van der Waals surface area contributed by atoms with E-state index in [2.05, 4.69) is 0 Å². The molecule has 0 aromatic heterocycles. The summed E-state index contributed by atoms with van der Waals surface area (Å²) in [5, 5.41) is 50.2. The Bertz CT molecular complexity index is 1300. The molecule has 0 spiro atoms. The van der Waals surface area contributed by atoms with E-state index in [4.69, 9.17) is 18.9 Å². The van der Waals surface area contributed by atoms with Gasteiger partial charge in [-0.15, -0.1) is 0 Å². The maximum Gasteiger partial charge on any atom is 0.202 e. The fourth-order valence-electron chi connectivity index (χ4n) is 4.28. The van der Waals surface area contributed by atoms with Crippen molar-refractivity contribution in [3.63, 3.8) is 0 Å². The van der Waals surface area contributed by atoms with Gasteiger partial charge in [-0.05, 0) is 29.8 Å². The van der Waals surface area contributed by atoms with Gasteiger partial charge in [0.2, 0.25) is 5.78 Å². The van der Waals surface area contributed by atoms with Gasteiger partial charge in [-0.2, -0.15) is 0 Å². The molecular weight excluding hydrogens is 460 g/mol. The molecule has 2 heterocycles. The molecule has 4 atom stereocenters.